The summed E-state index contributed by atoms with van der Waals surface area (Å²) in [6, 6.07) is -1.85. The first kappa shape index (κ1) is 15.7. The molecule has 8 heteroatoms. The van der Waals surface area contributed by atoms with E-state index >= 15 is 0 Å². The van der Waals surface area contributed by atoms with Gasteiger partial charge in [-0.15, -0.1) is 0 Å². The van der Waals surface area contributed by atoms with Gasteiger partial charge in [0.05, 0.1) is 12.5 Å². The first-order chi connectivity index (χ1) is 8.61. The van der Waals surface area contributed by atoms with E-state index < -0.39 is 43.0 Å². The monoisotopic (exact) mass is 281 g/mol. The van der Waals surface area contributed by atoms with Crippen molar-refractivity contribution >= 4 is 11.8 Å². The van der Waals surface area contributed by atoms with E-state index in [1.807, 2.05) is 0 Å². The molecule has 0 spiro atoms. The Balaban J connectivity index is 2.76. The van der Waals surface area contributed by atoms with Gasteiger partial charge in [-0.2, -0.15) is 13.2 Å². The lowest BCUT2D eigenvalue weighted by molar-refractivity contribution is -0.167. The Bertz CT molecular complexity index is 356. The normalized spacial score (nSPS) is 18.8. The highest BCUT2D eigenvalue weighted by molar-refractivity contribution is 5.87. The van der Waals surface area contributed by atoms with Crippen LogP contribution in [0, 0.1) is 5.92 Å². The van der Waals surface area contributed by atoms with Crippen LogP contribution in [0.15, 0.2) is 0 Å². The van der Waals surface area contributed by atoms with Crippen LogP contribution >= 0.6 is 0 Å². The zero-order valence-electron chi connectivity index (χ0n) is 10.6. The first-order valence-corrected chi connectivity index (χ1v) is 6.03. The Labute approximate surface area is 109 Å². The summed E-state index contributed by atoms with van der Waals surface area (Å²) in [5.41, 5.74) is 10.3. The molecule has 1 saturated carbocycles. The third kappa shape index (κ3) is 5.06. The molecular weight excluding hydrogens is 263 g/mol. The molecule has 1 fully saturated rings. The van der Waals surface area contributed by atoms with E-state index in [-0.39, 0.29) is 5.92 Å². The number of nitrogens with two attached hydrogens (primary N) is 2. The Morgan fingerprint density at radius 2 is 1.89 bits per heavy atom. The number of rotatable bonds is 6. The summed E-state index contributed by atoms with van der Waals surface area (Å²) in [4.78, 5) is 23.3. The zero-order valence-corrected chi connectivity index (χ0v) is 10.6. The fourth-order valence-electron chi connectivity index (χ4n) is 1.97. The molecular formula is C11H18F3N3O2. The van der Waals surface area contributed by atoms with Crippen molar-refractivity contribution in [1.29, 1.82) is 0 Å². The molecule has 0 saturated heterocycles. The summed E-state index contributed by atoms with van der Waals surface area (Å²) in [5.74, 6) is -1.62. The van der Waals surface area contributed by atoms with Crippen molar-refractivity contribution in [3.8, 4) is 0 Å². The number of carbonyl (C=O) groups excluding carboxylic acids is 2. The van der Waals surface area contributed by atoms with Crippen molar-refractivity contribution < 1.29 is 22.8 Å². The van der Waals surface area contributed by atoms with Gasteiger partial charge in [-0.25, -0.2) is 0 Å². The van der Waals surface area contributed by atoms with Crippen LogP contribution in [0.1, 0.15) is 26.2 Å². The SMILES string of the molecule is CC(C1CC1)N(CC(F)(F)F)C(=O)C(N)CC(N)=O. The van der Waals surface area contributed by atoms with Crippen LogP contribution in [0.4, 0.5) is 13.2 Å². The second kappa shape index (κ2) is 5.77. The minimum atomic E-state index is -4.49. The number of carbonyl (C=O) groups is 2. The molecule has 0 heterocycles. The van der Waals surface area contributed by atoms with Gasteiger partial charge in [0.25, 0.3) is 0 Å². The average Bonchev–Trinajstić information content (AvgIpc) is 3.05. The summed E-state index contributed by atoms with van der Waals surface area (Å²) in [5, 5.41) is 0. The molecule has 110 valence electrons. The quantitative estimate of drug-likeness (QED) is 0.737. The highest BCUT2D eigenvalue weighted by Crippen LogP contribution is 2.36. The van der Waals surface area contributed by atoms with Crippen molar-refractivity contribution in [2.75, 3.05) is 6.54 Å². The Morgan fingerprint density at radius 3 is 2.26 bits per heavy atom. The zero-order chi connectivity index (χ0) is 14.8. The van der Waals surface area contributed by atoms with Crippen LogP contribution in [-0.4, -0.2) is 41.5 Å². The lowest BCUT2D eigenvalue weighted by atomic mass is 10.1. The van der Waals surface area contributed by atoms with Crippen molar-refractivity contribution in [2.45, 2.75) is 44.4 Å². The number of hydrogen-bond acceptors (Lipinski definition) is 3. The number of nitrogens with zero attached hydrogens (tertiary/aromatic N) is 1. The molecule has 0 aromatic rings. The topological polar surface area (TPSA) is 89.4 Å². The van der Waals surface area contributed by atoms with E-state index in [1.165, 1.54) is 0 Å². The molecule has 2 amide bonds. The molecule has 19 heavy (non-hydrogen) atoms. The maximum Gasteiger partial charge on any atom is 0.406 e. The molecule has 1 aliphatic carbocycles. The summed E-state index contributed by atoms with van der Waals surface area (Å²) in [6.07, 6.45) is -3.35. The lowest BCUT2D eigenvalue weighted by Crippen LogP contribution is -2.52. The predicted octanol–water partition coefficient (Wildman–Crippen LogP) is 0.378. The Kier molecular flexibility index (Phi) is 4.78. The molecule has 4 N–H and O–H groups in total. The van der Waals surface area contributed by atoms with Crippen LogP contribution < -0.4 is 11.5 Å². The van der Waals surface area contributed by atoms with E-state index in [0.29, 0.717) is 4.90 Å². The van der Waals surface area contributed by atoms with Crippen molar-refractivity contribution in [3.05, 3.63) is 0 Å². The van der Waals surface area contributed by atoms with Crippen molar-refractivity contribution in [1.82, 2.24) is 4.90 Å². The summed E-state index contributed by atoms with van der Waals surface area (Å²) >= 11 is 0. The lowest BCUT2D eigenvalue weighted by Gasteiger charge is -2.32. The van der Waals surface area contributed by atoms with Gasteiger partial charge < -0.3 is 16.4 Å². The second-order valence-electron chi connectivity index (χ2n) is 4.94. The molecule has 0 aliphatic heterocycles. The first-order valence-electron chi connectivity index (χ1n) is 6.03. The van der Waals surface area contributed by atoms with E-state index in [1.54, 1.807) is 6.92 Å². The molecule has 0 aromatic heterocycles. The highest BCUT2D eigenvalue weighted by Gasteiger charge is 2.41. The Morgan fingerprint density at radius 1 is 1.37 bits per heavy atom. The molecule has 0 bridgehead atoms. The maximum atomic E-state index is 12.5. The molecule has 1 aliphatic rings. The number of alkyl halides is 3. The minimum Gasteiger partial charge on any atom is -0.370 e. The van der Waals surface area contributed by atoms with Crippen LogP contribution in [-0.2, 0) is 9.59 Å². The summed E-state index contributed by atoms with van der Waals surface area (Å²) in [7, 11) is 0. The maximum absolute atomic E-state index is 12.5. The van der Waals surface area contributed by atoms with E-state index in [0.717, 1.165) is 12.8 Å². The van der Waals surface area contributed by atoms with Crippen LogP contribution in [0.5, 0.6) is 0 Å². The fraction of sp³-hybridized carbons (Fsp3) is 0.818. The highest BCUT2D eigenvalue weighted by atomic mass is 19.4. The van der Waals surface area contributed by atoms with E-state index in [2.05, 4.69) is 0 Å². The van der Waals surface area contributed by atoms with Crippen LogP contribution in [0.3, 0.4) is 0 Å². The van der Waals surface area contributed by atoms with Gasteiger partial charge in [0.1, 0.15) is 6.54 Å². The van der Waals surface area contributed by atoms with Crippen molar-refractivity contribution in [2.24, 2.45) is 17.4 Å². The number of halogens is 3. The van der Waals surface area contributed by atoms with Gasteiger partial charge in [-0.1, -0.05) is 0 Å². The minimum absolute atomic E-state index is 0.0760. The Hall–Kier alpha value is -1.31. The standard InChI is InChI=1S/C11H18F3N3O2/c1-6(7-2-3-7)17(5-11(12,13)14)10(19)8(15)4-9(16)18/h6-8H,2-5,15H2,1H3,(H2,16,18). The summed E-state index contributed by atoms with van der Waals surface area (Å²) < 4.78 is 37.5. The molecule has 2 unspecified atom stereocenters. The molecule has 5 nitrogen and oxygen atoms in total. The number of hydrogen-bond donors (Lipinski definition) is 2. The molecule has 0 aromatic carbocycles. The second-order valence-corrected chi connectivity index (χ2v) is 4.94. The van der Waals surface area contributed by atoms with Gasteiger partial charge in [-0.05, 0) is 25.7 Å². The molecule has 1 rings (SSSR count). The van der Waals surface area contributed by atoms with Crippen LogP contribution in [0.2, 0.25) is 0 Å². The number of amides is 2. The molecule has 0 radical (unpaired) electrons. The van der Waals surface area contributed by atoms with Crippen LogP contribution in [0.25, 0.3) is 0 Å². The fourth-order valence-corrected chi connectivity index (χ4v) is 1.97. The number of primary amides is 1. The largest absolute Gasteiger partial charge is 0.406 e. The predicted molar refractivity (Wildman–Crippen MR) is 61.7 cm³/mol. The molecule has 2 atom stereocenters. The van der Waals surface area contributed by atoms with Gasteiger partial charge in [-0.3, -0.25) is 9.59 Å². The van der Waals surface area contributed by atoms with E-state index in [4.69, 9.17) is 11.5 Å². The smallest absolute Gasteiger partial charge is 0.370 e. The summed E-state index contributed by atoms with van der Waals surface area (Å²) in [6.45, 7) is 0.217. The average molecular weight is 281 g/mol. The van der Waals surface area contributed by atoms with Gasteiger partial charge in [0.2, 0.25) is 11.8 Å². The van der Waals surface area contributed by atoms with Gasteiger partial charge in [0, 0.05) is 6.04 Å². The van der Waals surface area contributed by atoms with Gasteiger partial charge >= 0.3 is 6.18 Å². The van der Waals surface area contributed by atoms with Gasteiger partial charge in [0.15, 0.2) is 0 Å². The van der Waals surface area contributed by atoms with E-state index in [9.17, 15) is 22.8 Å². The third-order valence-corrected chi connectivity index (χ3v) is 3.17. The third-order valence-electron chi connectivity index (χ3n) is 3.17. The van der Waals surface area contributed by atoms with Crippen molar-refractivity contribution in [3.63, 3.8) is 0 Å².